The molecule has 2 amide bonds. The van der Waals surface area contributed by atoms with Gasteiger partial charge in [0.15, 0.2) is 0 Å². The highest BCUT2D eigenvalue weighted by molar-refractivity contribution is 5.89. The van der Waals surface area contributed by atoms with E-state index in [1.165, 1.54) is 0 Å². The van der Waals surface area contributed by atoms with Gasteiger partial charge in [0.1, 0.15) is 6.04 Å². The summed E-state index contributed by atoms with van der Waals surface area (Å²) in [5.74, 6) is 0.444. The smallest absolute Gasteiger partial charge is 0.242 e. The molecule has 1 atom stereocenters. The predicted octanol–water partition coefficient (Wildman–Crippen LogP) is 1.10. The van der Waals surface area contributed by atoms with Crippen LogP contribution in [-0.4, -0.2) is 49.1 Å². The Balaban J connectivity index is 2.01. The van der Waals surface area contributed by atoms with Crippen molar-refractivity contribution in [2.24, 2.45) is 5.92 Å². The van der Waals surface area contributed by atoms with E-state index >= 15 is 0 Å². The van der Waals surface area contributed by atoms with Crippen LogP contribution >= 0.6 is 0 Å². The molecule has 0 radical (unpaired) electrons. The Bertz CT molecular complexity index is 404. The highest BCUT2D eigenvalue weighted by Crippen LogP contribution is 2.19. The minimum absolute atomic E-state index is 0.0146. The molecule has 20 heavy (non-hydrogen) atoms. The molecule has 5 nitrogen and oxygen atoms in total. The van der Waals surface area contributed by atoms with Crippen molar-refractivity contribution in [2.75, 3.05) is 26.3 Å². The summed E-state index contributed by atoms with van der Waals surface area (Å²) in [6.45, 7) is 6.61. The van der Waals surface area contributed by atoms with Crippen molar-refractivity contribution in [3.05, 3.63) is 11.6 Å². The van der Waals surface area contributed by atoms with Crippen LogP contribution in [0.25, 0.3) is 0 Å². The Morgan fingerprint density at radius 3 is 3.00 bits per heavy atom. The largest absolute Gasteiger partial charge is 0.377 e. The number of nitrogens with one attached hydrogen (secondary N) is 1. The van der Waals surface area contributed by atoms with E-state index in [9.17, 15) is 9.59 Å². The average molecular weight is 280 g/mol. The van der Waals surface area contributed by atoms with Crippen LogP contribution < -0.4 is 5.32 Å². The van der Waals surface area contributed by atoms with Crippen LogP contribution in [0.3, 0.4) is 0 Å². The topological polar surface area (TPSA) is 58.6 Å². The van der Waals surface area contributed by atoms with Crippen LogP contribution in [0, 0.1) is 5.92 Å². The van der Waals surface area contributed by atoms with Crippen LogP contribution in [0.2, 0.25) is 0 Å². The van der Waals surface area contributed by atoms with Crippen LogP contribution in [0.15, 0.2) is 11.6 Å². The first-order valence-corrected chi connectivity index (χ1v) is 7.40. The third-order valence-corrected chi connectivity index (χ3v) is 3.78. The maximum atomic E-state index is 12.5. The van der Waals surface area contributed by atoms with Gasteiger partial charge in [-0.15, -0.1) is 0 Å². The van der Waals surface area contributed by atoms with E-state index in [-0.39, 0.29) is 17.9 Å². The first kappa shape index (κ1) is 15.0. The van der Waals surface area contributed by atoms with Crippen molar-refractivity contribution in [3.63, 3.8) is 0 Å². The van der Waals surface area contributed by atoms with Crippen molar-refractivity contribution in [2.45, 2.75) is 39.2 Å². The molecule has 0 aromatic heterocycles. The molecule has 1 fully saturated rings. The standard InChI is InChI=1S/C15H24N2O3/c1-11(2)9-13-15(19)16-5-6-17(13)14(18)10-12-3-7-20-8-4-12/h3,11,13H,4-10H2,1-2H3,(H,16,19)/t13-/m1/s1. The number of amides is 2. The second-order valence-electron chi connectivity index (χ2n) is 5.89. The minimum Gasteiger partial charge on any atom is -0.377 e. The predicted molar refractivity (Wildman–Crippen MR) is 76.1 cm³/mol. The van der Waals surface area contributed by atoms with Crippen LogP contribution in [0.1, 0.15) is 33.1 Å². The zero-order valence-corrected chi connectivity index (χ0v) is 12.4. The SMILES string of the molecule is CC(C)C[C@@H]1C(=O)NCCN1C(=O)CC1=CCOCC1. The Kier molecular flexibility index (Phi) is 5.17. The van der Waals surface area contributed by atoms with Gasteiger partial charge in [-0.3, -0.25) is 9.59 Å². The molecule has 1 saturated heterocycles. The summed E-state index contributed by atoms with van der Waals surface area (Å²) >= 11 is 0. The molecule has 0 aliphatic carbocycles. The van der Waals surface area contributed by atoms with E-state index in [4.69, 9.17) is 4.74 Å². The minimum atomic E-state index is -0.309. The van der Waals surface area contributed by atoms with Crippen molar-refractivity contribution in [1.29, 1.82) is 0 Å². The lowest BCUT2D eigenvalue weighted by Crippen LogP contribution is -2.57. The molecule has 2 aliphatic rings. The molecule has 1 N–H and O–H groups in total. The molecular formula is C15H24N2O3. The van der Waals surface area contributed by atoms with Gasteiger partial charge in [0.2, 0.25) is 11.8 Å². The summed E-state index contributed by atoms with van der Waals surface area (Å²) in [7, 11) is 0. The van der Waals surface area contributed by atoms with Crippen molar-refractivity contribution in [3.8, 4) is 0 Å². The third kappa shape index (κ3) is 3.82. The molecule has 0 aromatic carbocycles. The van der Waals surface area contributed by atoms with Gasteiger partial charge < -0.3 is 15.0 Å². The molecular weight excluding hydrogens is 256 g/mol. The monoisotopic (exact) mass is 280 g/mol. The molecule has 112 valence electrons. The van der Waals surface area contributed by atoms with E-state index < -0.39 is 0 Å². The maximum absolute atomic E-state index is 12.5. The van der Waals surface area contributed by atoms with Crippen LogP contribution in [0.4, 0.5) is 0 Å². The molecule has 2 heterocycles. The number of hydrogen-bond donors (Lipinski definition) is 1. The van der Waals surface area contributed by atoms with E-state index in [0.717, 1.165) is 18.4 Å². The highest BCUT2D eigenvalue weighted by atomic mass is 16.5. The molecule has 2 aliphatic heterocycles. The summed E-state index contributed by atoms with van der Waals surface area (Å²) < 4.78 is 5.25. The Morgan fingerprint density at radius 2 is 2.35 bits per heavy atom. The Morgan fingerprint density at radius 1 is 1.55 bits per heavy atom. The van der Waals surface area contributed by atoms with E-state index in [0.29, 0.717) is 38.6 Å². The van der Waals surface area contributed by atoms with Crippen LogP contribution in [0.5, 0.6) is 0 Å². The molecule has 0 spiro atoms. The third-order valence-electron chi connectivity index (χ3n) is 3.78. The Labute approximate surface area is 120 Å². The normalized spacial score (nSPS) is 23.6. The fourth-order valence-corrected chi connectivity index (χ4v) is 2.72. The molecule has 5 heteroatoms. The van der Waals surface area contributed by atoms with Gasteiger partial charge >= 0.3 is 0 Å². The maximum Gasteiger partial charge on any atom is 0.242 e. The Hall–Kier alpha value is -1.36. The van der Waals surface area contributed by atoms with E-state index in [1.807, 2.05) is 6.08 Å². The highest BCUT2D eigenvalue weighted by Gasteiger charge is 2.33. The van der Waals surface area contributed by atoms with Gasteiger partial charge in [-0.2, -0.15) is 0 Å². The lowest BCUT2D eigenvalue weighted by Gasteiger charge is -2.36. The summed E-state index contributed by atoms with van der Waals surface area (Å²) in [6.07, 6.45) is 3.95. The molecule has 0 aromatic rings. The number of carbonyl (C=O) groups is 2. The molecule has 0 saturated carbocycles. The van der Waals surface area contributed by atoms with Gasteiger partial charge in [0.05, 0.1) is 13.2 Å². The number of rotatable bonds is 4. The summed E-state index contributed by atoms with van der Waals surface area (Å²) in [5, 5.41) is 2.86. The number of hydrogen-bond acceptors (Lipinski definition) is 3. The van der Waals surface area contributed by atoms with Gasteiger partial charge in [-0.1, -0.05) is 25.5 Å². The number of nitrogens with zero attached hydrogens (tertiary/aromatic N) is 1. The van der Waals surface area contributed by atoms with E-state index in [2.05, 4.69) is 19.2 Å². The zero-order valence-electron chi connectivity index (χ0n) is 12.4. The number of carbonyl (C=O) groups excluding carboxylic acids is 2. The van der Waals surface area contributed by atoms with Crippen molar-refractivity contribution in [1.82, 2.24) is 10.2 Å². The van der Waals surface area contributed by atoms with Gasteiger partial charge in [-0.25, -0.2) is 0 Å². The quantitative estimate of drug-likeness (QED) is 0.784. The second-order valence-corrected chi connectivity index (χ2v) is 5.89. The summed E-state index contributed by atoms with van der Waals surface area (Å²) in [4.78, 5) is 26.2. The van der Waals surface area contributed by atoms with Crippen molar-refractivity contribution < 1.29 is 14.3 Å². The molecule has 0 unspecified atom stereocenters. The van der Waals surface area contributed by atoms with E-state index in [1.54, 1.807) is 4.90 Å². The zero-order chi connectivity index (χ0) is 14.5. The van der Waals surface area contributed by atoms with Gasteiger partial charge in [-0.05, 0) is 18.8 Å². The second kappa shape index (κ2) is 6.88. The fraction of sp³-hybridized carbons (Fsp3) is 0.733. The first-order valence-electron chi connectivity index (χ1n) is 7.40. The summed E-state index contributed by atoms with van der Waals surface area (Å²) in [6, 6.07) is -0.309. The molecule has 2 rings (SSSR count). The van der Waals surface area contributed by atoms with Gasteiger partial charge in [0.25, 0.3) is 0 Å². The lowest BCUT2D eigenvalue weighted by atomic mass is 9.98. The van der Waals surface area contributed by atoms with Crippen molar-refractivity contribution >= 4 is 11.8 Å². The number of ether oxygens (including phenoxy) is 1. The van der Waals surface area contributed by atoms with Gasteiger partial charge in [0, 0.05) is 19.5 Å². The molecule has 0 bridgehead atoms. The first-order chi connectivity index (χ1) is 9.58. The average Bonchev–Trinajstić information content (AvgIpc) is 2.41. The summed E-state index contributed by atoms with van der Waals surface area (Å²) in [5.41, 5.74) is 1.13. The van der Waals surface area contributed by atoms with Crippen LogP contribution in [-0.2, 0) is 14.3 Å². The number of piperazine rings is 1. The lowest BCUT2D eigenvalue weighted by molar-refractivity contribution is -0.143. The fourth-order valence-electron chi connectivity index (χ4n) is 2.72.